The molecule has 4 rings (SSSR count). The minimum atomic E-state index is -0.904. The van der Waals surface area contributed by atoms with Gasteiger partial charge in [0, 0.05) is 5.56 Å². The lowest BCUT2D eigenvalue weighted by molar-refractivity contribution is -0.134. The fraction of sp³-hybridized carbons (Fsp3) is 0.400. The van der Waals surface area contributed by atoms with Gasteiger partial charge < -0.3 is 19.5 Å². The third-order valence-electron chi connectivity index (χ3n) is 5.94. The van der Waals surface area contributed by atoms with E-state index in [2.05, 4.69) is 10.7 Å². The van der Waals surface area contributed by atoms with E-state index in [1.165, 1.54) is 6.07 Å². The highest BCUT2D eigenvalue weighted by atomic mass is 16.5. The van der Waals surface area contributed by atoms with Crippen molar-refractivity contribution in [2.75, 3.05) is 19.8 Å². The molecule has 1 spiro atoms. The number of benzene rings is 2. The van der Waals surface area contributed by atoms with E-state index in [1.807, 2.05) is 37.3 Å². The molecule has 0 unspecified atom stereocenters. The smallest absolute Gasteiger partial charge is 0.344 e. The highest BCUT2D eigenvalue weighted by Crippen LogP contribution is 2.33. The third kappa shape index (κ3) is 5.08. The Morgan fingerprint density at radius 3 is 2.44 bits per heavy atom. The maximum Gasteiger partial charge on any atom is 0.344 e. The average Bonchev–Trinajstić information content (AvgIpc) is 3.07. The molecule has 2 aromatic carbocycles. The van der Waals surface area contributed by atoms with Gasteiger partial charge in [-0.25, -0.2) is 4.79 Å². The summed E-state index contributed by atoms with van der Waals surface area (Å²) in [6.45, 7) is 2.82. The van der Waals surface area contributed by atoms with Crippen LogP contribution in [0.4, 0.5) is 4.79 Å². The van der Waals surface area contributed by atoms with E-state index in [-0.39, 0.29) is 12.2 Å². The number of nitrogens with one attached hydrogen (secondary N) is 2. The number of carbonyl (C=O) groups excluding carboxylic acids is 3. The second-order valence-electron chi connectivity index (χ2n) is 8.26. The molecular weight excluding hydrogens is 438 g/mol. The van der Waals surface area contributed by atoms with Crippen molar-refractivity contribution < 1.29 is 28.6 Å². The molecule has 2 N–H and O–H groups in total. The first-order valence-corrected chi connectivity index (χ1v) is 11.6. The Hall–Kier alpha value is -3.75. The fourth-order valence-electron chi connectivity index (χ4n) is 4.25. The van der Waals surface area contributed by atoms with Crippen LogP contribution in [0.1, 0.15) is 49.4 Å². The van der Waals surface area contributed by atoms with Crippen LogP contribution in [0.25, 0.3) is 0 Å². The van der Waals surface area contributed by atoms with Crippen LogP contribution in [0.5, 0.6) is 17.2 Å². The molecule has 1 saturated carbocycles. The lowest BCUT2D eigenvalue weighted by atomic mass is 9.82. The van der Waals surface area contributed by atoms with Crippen molar-refractivity contribution in [2.45, 2.75) is 44.6 Å². The van der Waals surface area contributed by atoms with Crippen molar-refractivity contribution in [1.82, 2.24) is 15.8 Å². The summed E-state index contributed by atoms with van der Waals surface area (Å²) in [6, 6.07) is 13.5. The van der Waals surface area contributed by atoms with Crippen molar-refractivity contribution in [1.29, 1.82) is 0 Å². The molecule has 2 aliphatic rings. The highest BCUT2D eigenvalue weighted by Gasteiger charge is 2.52. The Balaban J connectivity index is 1.38. The summed E-state index contributed by atoms with van der Waals surface area (Å²) in [4.78, 5) is 38.2. The van der Waals surface area contributed by atoms with Crippen LogP contribution < -0.4 is 25.0 Å². The predicted molar refractivity (Wildman–Crippen MR) is 124 cm³/mol. The number of hydrazine groups is 1. The monoisotopic (exact) mass is 467 g/mol. The number of amides is 4. The fourth-order valence-corrected chi connectivity index (χ4v) is 4.25. The number of hydrogen-bond acceptors (Lipinski definition) is 6. The molecule has 2 aromatic rings. The van der Waals surface area contributed by atoms with Gasteiger partial charge in [-0.05, 0) is 50.1 Å². The Kier molecular flexibility index (Phi) is 7.20. The summed E-state index contributed by atoms with van der Waals surface area (Å²) < 4.78 is 17.0. The van der Waals surface area contributed by atoms with Gasteiger partial charge in [0.1, 0.15) is 24.5 Å². The first kappa shape index (κ1) is 23.4. The van der Waals surface area contributed by atoms with E-state index < -0.39 is 23.4 Å². The van der Waals surface area contributed by atoms with Gasteiger partial charge in [-0.3, -0.25) is 15.0 Å². The largest absolute Gasteiger partial charge is 0.490 e. The number of ether oxygens (including phenoxy) is 3. The lowest BCUT2D eigenvalue weighted by Crippen LogP contribution is -2.50. The van der Waals surface area contributed by atoms with Gasteiger partial charge in [-0.15, -0.1) is 0 Å². The van der Waals surface area contributed by atoms with Crippen LogP contribution in [-0.4, -0.2) is 48.2 Å². The predicted octanol–water partition coefficient (Wildman–Crippen LogP) is 3.44. The van der Waals surface area contributed by atoms with Crippen LogP contribution >= 0.6 is 0 Å². The molecule has 180 valence electrons. The average molecular weight is 468 g/mol. The molecule has 1 heterocycles. The van der Waals surface area contributed by atoms with Gasteiger partial charge in [0.05, 0.1) is 6.61 Å². The van der Waals surface area contributed by atoms with Crippen LogP contribution in [0, 0.1) is 0 Å². The van der Waals surface area contributed by atoms with Gasteiger partial charge in [-0.1, -0.05) is 37.5 Å². The SMILES string of the molecule is CCOc1cc(C(=O)NN2C(=O)NC3(CCCCC3)C2=O)ccc1OCCOc1ccccc1. The summed E-state index contributed by atoms with van der Waals surface area (Å²) in [5, 5.41) is 3.56. The minimum absolute atomic E-state index is 0.238. The summed E-state index contributed by atoms with van der Waals surface area (Å²) >= 11 is 0. The van der Waals surface area contributed by atoms with Crippen LogP contribution in [0.2, 0.25) is 0 Å². The van der Waals surface area contributed by atoms with Crippen LogP contribution in [-0.2, 0) is 4.79 Å². The van der Waals surface area contributed by atoms with Gasteiger partial charge >= 0.3 is 6.03 Å². The van der Waals surface area contributed by atoms with Crippen molar-refractivity contribution in [3.8, 4) is 17.2 Å². The Morgan fingerprint density at radius 2 is 1.71 bits per heavy atom. The molecule has 0 atom stereocenters. The van der Waals surface area contributed by atoms with E-state index >= 15 is 0 Å². The zero-order valence-electron chi connectivity index (χ0n) is 19.2. The summed E-state index contributed by atoms with van der Waals surface area (Å²) in [6.07, 6.45) is 3.92. The topological polar surface area (TPSA) is 106 Å². The van der Waals surface area contributed by atoms with E-state index in [9.17, 15) is 14.4 Å². The maximum absolute atomic E-state index is 12.9. The zero-order valence-corrected chi connectivity index (χ0v) is 19.2. The van der Waals surface area contributed by atoms with Crippen molar-refractivity contribution in [3.05, 3.63) is 54.1 Å². The minimum Gasteiger partial charge on any atom is -0.490 e. The Morgan fingerprint density at radius 1 is 0.971 bits per heavy atom. The number of imide groups is 1. The second kappa shape index (κ2) is 10.5. The molecule has 9 nitrogen and oxygen atoms in total. The molecule has 34 heavy (non-hydrogen) atoms. The summed E-state index contributed by atoms with van der Waals surface area (Å²) in [5.74, 6) is 0.603. The summed E-state index contributed by atoms with van der Waals surface area (Å²) in [7, 11) is 0. The maximum atomic E-state index is 12.9. The number of rotatable bonds is 9. The molecule has 2 fully saturated rings. The van der Waals surface area contributed by atoms with Gasteiger partial charge in [0.25, 0.3) is 11.8 Å². The molecule has 4 amide bonds. The molecule has 9 heteroatoms. The molecule has 0 bridgehead atoms. The van der Waals surface area contributed by atoms with E-state index in [0.717, 1.165) is 30.0 Å². The first-order chi connectivity index (χ1) is 16.5. The highest BCUT2D eigenvalue weighted by molar-refractivity contribution is 6.09. The quantitative estimate of drug-likeness (QED) is 0.432. The van der Waals surface area contributed by atoms with Crippen molar-refractivity contribution in [3.63, 3.8) is 0 Å². The number of nitrogens with zero attached hydrogens (tertiary/aromatic N) is 1. The van der Waals surface area contributed by atoms with E-state index in [4.69, 9.17) is 14.2 Å². The Bertz CT molecular complexity index is 1040. The zero-order chi connectivity index (χ0) is 24.0. The lowest BCUT2D eigenvalue weighted by Gasteiger charge is -2.30. The number of carbonyl (C=O) groups is 3. The second-order valence-corrected chi connectivity index (χ2v) is 8.26. The van der Waals surface area contributed by atoms with Crippen LogP contribution in [0.3, 0.4) is 0 Å². The van der Waals surface area contributed by atoms with E-state index in [0.29, 0.717) is 37.6 Å². The number of urea groups is 1. The van der Waals surface area contributed by atoms with Gasteiger partial charge in [0.15, 0.2) is 11.5 Å². The molecule has 0 aromatic heterocycles. The molecule has 1 aliphatic heterocycles. The third-order valence-corrected chi connectivity index (χ3v) is 5.94. The molecule has 1 aliphatic carbocycles. The standard InChI is InChI=1S/C25H29N3O6/c1-2-32-21-17-18(11-12-20(21)34-16-15-33-19-9-5-3-6-10-19)22(29)27-28-23(30)25(26-24(28)31)13-7-4-8-14-25/h3,5-6,9-12,17H,2,4,7-8,13-16H2,1H3,(H,26,31)(H,27,29). The molecule has 1 saturated heterocycles. The number of para-hydroxylation sites is 1. The van der Waals surface area contributed by atoms with Gasteiger partial charge in [0.2, 0.25) is 0 Å². The van der Waals surface area contributed by atoms with Crippen molar-refractivity contribution in [2.24, 2.45) is 0 Å². The summed E-state index contributed by atoms with van der Waals surface area (Å²) in [5.41, 5.74) is 1.78. The Labute approximate surface area is 198 Å². The van der Waals surface area contributed by atoms with E-state index in [1.54, 1.807) is 12.1 Å². The first-order valence-electron chi connectivity index (χ1n) is 11.6. The van der Waals surface area contributed by atoms with Gasteiger partial charge in [-0.2, -0.15) is 5.01 Å². The van der Waals surface area contributed by atoms with Crippen molar-refractivity contribution >= 4 is 17.8 Å². The number of hydrogen-bond donors (Lipinski definition) is 2. The molecule has 0 radical (unpaired) electrons. The van der Waals surface area contributed by atoms with Crippen LogP contribution in [0.15, 0.2) is 48.5 Å². The molecular formula is C25H29N3O6. The normalized spacial score (nSPS) is 16.8.